The predicted molar refractivity (Wildman–Crippen MR) is 46.4 cm³/mol. The molecule has 0 saturated heterocycles. The summed E-state index contributed by atoms with van der Waals surface area (Å²) in [4.78, 5) is 11.0. The number of hydrogen-bond acceptors (Lipinski definition) is 2. The number of carbonyl (C=O) groups is 1. The monoisotopic (exact) mass is 219 g/mol. The third-order valence-electron chi connectivity index (χ3n) is 1.64. The first kappa shape index (κ1) is 11.4. The Kier molecular flexibility index (Phi) is 3.54. The molecule has 0 radical (unpaired) electrons. The Morgan fingerprint density at radius 1 is 1.47 bits per heavy atom. The molecule has 82 valence electrons. The molecular weight excluding hydrogens is 211 g/mol. The summed E-state index contributed by atoms with van der Waals surface area (Å²) in [5, 5.41) is 2.27. The van der Waals surface area contributed by atoms with Crippen LogP contribution in [0.25, 0.3) is 0 Å². The SMILES string of the molecule is CNC(=O)c1ccc(OC(F)F)c(F)c1. The fraction of sp³-hybridized carbons (Fsp3) is 0.222. The first-order valence-electron chi connectivity index (χ1n) is 4.01. The fourth-order valence-corrected chi connectivity index (χ4v) is 0.978. The van der Waals surface area contributed by atoms with E-state index in [1.165, 1.54) is 13.1 Å². The van der Waals surface area contributed by atoms with Gasteiger partial charge in [-0.25, -0.2) is 4.39 Å². The minimum Gasteiger partial charge on any atom is -0.432 e. The lowest BCUT2D eigenvalue weighted by molar-refractivity contribution is -0.0521. The number of halogens is 3. The lowest BCUT2D eigenvalue weighted by Gasteiger charge is -2.06. The van der Waals surface area contributed by atoms with E-state index in [9.17, 15) is 18.0 Å². The predicted octanol–water partition coefficient (Wildman–Crippen LogP) is 1.79. The molecule has 0 aliphatic rings. The van der Waals surface area contributed by atoms with Crippen molar-refractivity contribution in [3.8, 4) is 5.75 Å². The maximum Gasteiger partial charge on any atom is 0.387 e. The van der Waals surface area contributed by atoms with Gasteiger partial charge >= 0.3 is 6.61 Å². The van der Waals surface area contributed by atoms with Gasteiger partial charge in [0.25, 0.3) is 5.91 Å². The number of amides is 1. The second kappa shape index (κ2) is 4.68. The lowest BCUT2D eigenvalue weighted by Crippen LogP contribution is -2.18. The van der Waals surface area contributed by atoms with Gasteiger partial charge < -0.3 is 10.1 Å². The minimum atomic E-state index is -3.09. The highest BCUT2D eigenvalue weighted by atomic mass is 19.3. The summed E-state index contributed by atoms with van der Waals surface area (Å²) >= 11 is 0. The summed E-state index contributed by atoms with van der Waals surface area (Å²) in [5.41, 5.74) is 0.0385. The van der Waals surface area contributed by atoms with Crippen molar-refractivity contribution in [3.05, 3.63) is 29.6 Å². The average Bonchev–Trinajstić information content (AvgIpc) is 2.19. The van der Waals surface area contributed by atoms with Crippen LogP contribution in [-0.4, -0.2) is 19.6 Å². The molecule has 6 heteroatoms. The van der Waals surface area contributed by atoms with E-state index in [1.807, 2.05) is 0 Å². The molecule has 3 nitrogen and oxygen atoms in total. The van der Waals surface area contributed by atoms with Crippen molar-refractivity contribution in [2.45, 2.75) is 6.61 Å². The maximum atomic E-state index is 13.1. The molecule has 0 fully saturated rings. The molecule has 0 atom stereocenters. The van der Waals surface area contributed by atoms with Crippen molar-refractivity contribution in [2.24, 2.45) is 0 Å². The Balaban J connectivity index is 2.93. The molecule has 15 heavy (non-hydrogen) atoms. The normalized spacial score (nSPS) is 10.2. The zero-order chi connectivity index (χ0) is 11.4. The van der Waals surface area contributed by atoms with E-state index in [4.69, 9.17) is 0 Å². The first-order chi connectivity index (χ1) is 7.04. The molecule has 0 aromatic heterocycles. The van der Waals surface area contributed by atoms with Gasteiger partial charge in [-0.2, -0.15) is 8.78 Å². The highest BCUT2D eigenvalue weighted by molar-refractivity contribution is 5.94. The molecule has 1 aromatic rings. The standard InChI is InChI=1S/C9H8F3NO2/c1-13-8(14)5-2-3-7(6(10)4-5)15-9(11)12/h2-4,9H,1H3,(H,13,14). The van der Waals surface area contributed by atoms with Crippen LogP contribution >= 0.6 is 0 Å². The van der Waals surface area contributed by atoms with E-state index in [-0.39, 0.29) is 5.56 Å². The molecule has 0 aliphatic heterocycles. The molecule has 0 spiro atoms. The molecule has 1 aromatic carbocycles. The van der Waals surface area contributed by atoms with E-state index < -0.39 is 24.1 Å². The van der Waals surface area contributed by atoms with Crippen LogP contribution in [0, 0.1) is 5.82 Å². The average molecular weight is 219 g/mol. The number of alkyl halides is 2. The quantitative estimate of drug-likeness (QED) is 0.841. The van der Waals surface area contributed by atoms with Gasteiger partial charge in [-0.15, -0.1) is 0 Å². The summed E-state index contributed by atoms with van der Waals surface area (Å²) in [6, 6.07) is 3.00. The van der Waals surface area contributed by atoms with Gasteiger partial charge in [-0.05, 0) is 18.2 Å². The van der Waals surface area contributed by atoms with E-state index in [1.54, 1.807) is 0 Å². The minimum absolute atomic E-state index is 0.0385. The molecule has 0 heterocycles. The van der Waals surface area contributed by atoms with Gasteiger partial charge in [-0.1, -0.05) is 0 Å². The number of benzene rings is 1. The second-order valence-corrected chi connectivity index (χ2v) is 2.60. The number of hydrogen-bond donors (Lipinski definition) is 1. The van der Waals surface area contributed by atoms with Crippen LogP contribution in [0.5, 0.6) is 5.75 Å². The van der Waals surface area contributed by atoms with Gasteiger partial charge in [0, 0.05) is 12.6 Å². The summed E-state index contributed by atoms with van der Waals surface area (Å²) in [6.45, 7) is -3.09. The number of ether oxygens (including phenoxy) is 1. The largest absolute Gasteiger partial charge is 0.432 e. The van der Waals surface area contributed by atoms with E-state index >= 15 is 0 Å². The molecule has 0 aliphatic carbocycles. The first-order valence-corrected chi connectivity index (χ1v) is 4.01. The van der Waals surface area contributed by atoms with E-state index in [0.29, 0.717) is 0 Å². The van der Waals surface area contributed by atoms with Gasteiger partial charge in [0.15, 0.2) is 11.6 Å². The summed E-state index contributed by atoms with van der Waals surface area (Å²) in [5.74, 6) is -2.09. The zero-order valence-electron chi connectivity index (χ0n) is 7.76. The van der Waals surface area contributed by atoms with Crippen LogP contribution in [0.15, 0.2) is 18.2 Å². The Morgan fingerprint density at radius 3 is 2.60 bits per heavy atom. The van der Waals surface area contributed by atoms with Crippen LogP contribution in [0.1, 0.15) is 10.4 Å². The Bertz CT molecular complexity index is 368. The van der Waals surface area contributed by atoms with Crippen LogP contribution in [0.4, 0.5) is 13.2 Å². The maximum absolute atomic E-state index is 13.1. The topological polar surface area (TPSA) is 38.3 Å². The van der Waals surface area contributed by atoms with Crippen LogP contribution in [0.2, 0.25) is 0 Å². The van der Waals surface area contributed by atoms with Crippen molar-refractivity contribution in [3.63, 3.8) is 0 Å². The second-order valence-electron chi connectivity index (χ2n) is 2.60. The highest BCUT2D eigenvalue weighted by Crippen LogP contribution is 2.20. The van der Waals surface area contributed by atoms with Crippen molar-refractivity contribution < 1.29 is 22.7 Å². The molecule has 1 N–H and O–H groups in total. The Labute approximate surface area is 83.8 Å². The third kappa shape index (κ3) is 2.87. The van der Waals surface area contributed by atoms with Crippen LogP contribution < -0.4 is 10.1 Å². The lowest BCUT2D eigenvalue weighted by atomic mass is 10.2. The fourth-order valence-electron chi connectivity index (χ4n) is 0.978. The molecule has 1 amide bonds. The van der Waals surface area contributed by atoms with Gasteiger partial charge in [0.1, 0.15) is 0 Å². The van der Waals surface area contributed by atoms with Crippen LogP contribution in [0.3, 0.4) is 0 Å². The van der Waals surface area contributed by atoms with Crippen LogP contribution in [-0.2, 0) is 0 Å². The number of rotatable bonds is 3. The molecular formula is C9H8F3NO2. The van der Waals surface area contributed by atoms with Gasteiger partial charge in [-0.3, -0.25) is 4.79 Å². The van der Waals surface area contributed by atoms with E-state index in [0.717, 1.165) is 12.1 Å². The summed E-state index contributed by atoms with van der Waals surface area (Å²) < 4.78 is 40.5. The third-order valence-corrected chi connectivity index (χ3v) is 1.64. The van der Waals surface area contributed by atoms with Gasteiger partial charge in [0.2, 0.25) is 0 Å². The van der Waals surface area contributed by atoms with E-state index in [2.05, 4.69) is 10.1 Å². The summed E-state index contributed by atoms with van der Waals surface area (Å²) in [7, 11) is 1.38. The molecule has 0 saturated carbocycles. The van der Waals surface area contributed by atoms with Crippen molar-refractivity contribution in [2.75, 3.05) is 7.05 Å². The highest BCUT2D eigenvalue weighted by Gasteiger charge is 2.12. The van der Waals surface area contributed by atoms with Crippen molar-refractivity contribution in [1.82, 2.24) is 5.32 Å². The van der Waals surface area contributed by atoms with Gasteiger partial charge in [0.05, 0.1) is 0 Å². The Morgan fingerprint density at radius 2 is 2.13 bits per heavy atom. The number of nitrogens with one attached hydrogen (secondary N) is 1. The smallest absolute Gasteiger partial charge is 0.387 e. The molecule has 0 bridgehead atoms. The van der Waals surface area contributed by atoms with Crippen molar-refractivity contribution >= 4 is 5.91 Å². The zero-order valence-corrected chi connectivity index (χ0v) is 7.76. The Hall–Kier alpha value is -1.72. The van der Waals surface area contributed by atoms with Crippen molar-refractivity contribution in [1.29, 1.82) is 0 Å². The number of carbonyl (C=O) groups excluding carboxylic acids is 1. The summed E-state index contributed by atoms with van der Waals surface area (Å²) in [6.07, 6.45) is 0. The molecule has 1 rings (SSSR count). The molecule has 0 unspecified atom stereocenters.